The summed E-state index contributed by atoms with van der Waals surface area (Å²) in [5.74, 6) is 0.135. The molecule has 0 atom stereocenters. The fourth-order valence-corrected chi connectivity index (χ4v) is 3.28. The van der Waals surface area contributed by atoms with Crippen molar-refractivity contribution in [1.29, 1.82) is 0 Å². The Morgan fingerprint density at radius 3 is 2.54 bits per heavy atom. The molecule has 0 saturated heterocycles. The minimum Gasteiger partial charge on any atom is -0.487 e. The van der Waals surface area contributed by atoms with Crippen molar-refractivity contribution in [2.45, 2.75) is 18.0 Å². The van der Waals surface area contributed by atoms with E-state index in [0.717, 1.165) is 23.4 Å². The van der Waals surface area contributed by atoms with E-state index in [1.165, 1.54) is 12.1 Å². The number of hydrogen-bond acceptors (Lipinski definition) is 4. The normalized spacial score (nSPS) is 11.3. The van der Waals surface area contributed by atoms with Crippen LogP contribution in [-0.2, 0) is 23.2 Å². The molecule has 2 aromatic carbocycles. The minimum atomic E-state index is -3.71. The lowest BCUT2D eigenvalue weighted by Gasteiger charge is -2.09. The summed E-state index contributed by atoms with van der Waals surface area (Å²) in [5.41, 5.74) is 1.55. The van der Waals surface area contributed by atoms with E-state index in [4.69, 9.17) is 4.74 Å². The first-order chi connectivity index (χ1) is 12.5. The van der Waals surface area contributed by atoms with Gasteiger partial charge in [-0.1, -0.05) is 18.2 Å². The quantitative estimate of drug-likeness (QED) is 0.691. The average molecular weight is 372 g/mol. The number of aromatic nitrogens is 1. The third kappa shape index (κ3) is 4.87. The molecule has 0 aliphatic carbocycles. The van der Waals surface area contributed by atoms with Gasteiger partial charge >= 0.3 is 0 Å². The van der Waals surface area contributed by atoms with Gasteiger partial charge in [0.2, 0.25) is 10.0 Å². The van der Waals surface area contributed by atoms with Crippen LogP contribution in [-0.4, -0.2) is 13.4 Å². The molecule has 0 bridgehead atoms. The van der Waals surface area contributed by atoms with Crippen LogP contribution in [0, 0.1) is 5.82 Å². The number of halogens is 1. The summed E-state index contributed by atoms with van der Waals surface area (Å²) >= 11 is 0. The Morgan fingerprint density at radius 2 is 1.81 bits per heavy atom. The first-order valence-corrected chi connectivity index (χ1v) is 9.38. The van der Waals surface area contributed by atoms with Gasteiger partial charge in [-0.05, 0) is 54.1 Å². The first-order valence-electron chi connectivity index (χ1n) is 7.90. The number of pyridine rings is 1. The molecule has 3 aromatic rings. The SMILES string of the molecule is O=S(=O)(NCc1cccc(OCc2ccccn2)c1)c1ccc(F)cc1. The molecule has 1 aromatic heterocycles. The zero-order valence-electron chi connectivity index (χ0n) is 13.8. The molecule has 3 rings (SSSR count). The zero-order chi connectivity index (χ0) is 18.4. The molecule has 26 heavy (non-hydrogen) atoms. The van der Waals surface area contributed by atoms with E-state index in [2.05, 4.69) is 9.71 Å². The van der Waals surface area contributed by atoms with Crippen molar-refractivity contribution in [3.05, 3.63) is 90.0 Å². The second-order valence-corrected chi connectivity index (χ2v) is 7.30. The van der Waals surface area contributed by atoms with Crippen molar-refractivity contribution in [1.82, 2.24) is 9.71 Å². The van der Waals surface area contributed by atoms with Crippen LogP contribution in [0.25, 0.3) is 0 Å². The predicted molar refractivity (Wildman–Crippen MR) is 95.4 cm³/mol. The monoisotopic (exact) mass is 372 g/mol. The van der Waals surface area contributed by atoms with Gasteiger partial charge in [-0.25, -0.2) is 17.5 Å². The predicted octanol–water partition coefficient (Wildman–Crippen LogP) is 3.28. The van der Waals surface area contributed by atoms with Crippen LogP contribution in [0.5, 0.6) is 5.75 Å². The summed E-state index contributed by atoms with van der Waals surface area (Å²) in [6.45, 7) is 0.423. The molecule has 0 saturated carbocycles. The third-order valence-corrected chi connectivity index (χ3v) is 5.02. The van der Waals surface area contributed by atoms with Crippen molar-refractivity contribution >= 4 is 10.0 Å². The van der Waals surface area contributed by atoms with E-state index in [1.54, 1.807) is 30.5 Å². The van der Waals surface area contributed by atoms with Crippen LogP contribution in [0.3, 0.4) is 0 Å². The average Bonchev–Trinajstić information content (AvgIpc) is 2.66. The molecule has 0 amide bonds. The molecule has 7 heteroatoms. The van der Waals surface area contributed by atoms with Gasteiger partial charge in [-0.3, -0.25) is 4.98 Å². The van der Waals surface area contributed by atoms with Crippen LogP contribution in [0.4, 0.5) is 4.39 Å². The van der Waals surface area contributed by atoms with Gasteiger partial charge < -0.3 is 4.74 Å². The van der Waals surface area contributed by atoms with E-state index in [-0.39, 0.29) is 11.4 Å². The summed E-state index contributed by atoms with van der Waals surface area (Å²) in [4.78, 5) is 4.20. The zero-order valence-corrected chi connectivity index (χ0v) is 14.6. The second kappa shape index (κ2) is 8.07. The number of hydrogen-bond donors (Lipinski definition) is 1. The van der Waals surface area contributed by atoms with Crippen LogP contribution in [0.15, 0.2) is 77.8 Å². The van der Waals surface area contributed by atoms with Crippen molar-refractivity contribution in [3.8, 4) is 5.75 Å². The largest absolute Gasteiger partial charge is 0.487 e. The minimum absolute atomic E-state index is 0.0152. The van der Waals surface area contributed by atoms with Crippen LogP contribution in [0.2, 0.25) is 0 Å². The highest BCUT2D eigenvalue weighted by Crippen LogP contribution is 2.16. The maximum atomic E-state index is 12.9. The Kier molecular flexibility index (Phi) is 5.60. The van der Waals surface area contributed by atoms with Gasteiger partial charge in [-0.2, -0.15) is 0 Å². The maximum Gasteiger partial charge on any atom is 0.240 e. The third-order valence-electron chi connectivity index (χ3n) is 3.60. The van der Waals surface area contributed by atoms with Gasteiger partial charge in [-0.15, -0.1) is 0 Å². The van der Waals surface area contributed by atoms with Gasteiger partial charge in [0.05, 0.1) is 10.6 Å². The van der Waals surface area contributed by atoms with Gasteiger partial charge in [0.1, 0.15) is 18.2 Å². The fourth-order valence-electron chi connectivity index (χ4n) is 2.26. The molecular formula is C19H17FN2O3S. The standard InChI is InChI=1S/C19H17FN2O3S/c20-16-7-9-19(10-8-16)26(23,24)22-13-15-4-3-6-18(12-15)25-14-17-5-1-2-11-21-17/h1-12,22H,13-14H2. The summed E-state index contributed by atoms with van der Waals surface area (Å²) in [5, 5.41) is 0. The van der Waals surface area contributed by atoms with E-state index >= 15 is 0 Å². The topological polar surface area (TPSA) is 68.3 Å². The van der Waals surface area contributed by atoms with E-state index in [0.29, 0.717) is 12.4 Å². The van der Waals surface area contributed by atoms with E-state index < -0.39 is 15.8 Å². The molecule has 0 unspecified atom stereocenters. The lowest BCUT2D eigenvalue weighted by molar-refractivity contribution is 0.301. The molecule has 0 radical (unpaired) electrons. The lowest BCUT2D eigenvalue weighted by atomic mass is 10.2. The number of rotatable bonds is 7. The maximum absolute atomic E-state index is 12.9. The fraction of sp³-hybridized carbons (Fsp3) is 0.105. The van der Waals surface area contributed by atoms with E-state index in [9.17, 15) is 12.8 Å². The molecule has 0 fully saturated rings. The van der Waals surface area contributed by atoms with Crippen molar-refractivity contribution in [2.24, 2.45) is 0 Å². The lowest BCUT2D eigenvalue weighted by Crippen LogP contribution is -2.23. The molecular weight excluding hydrogens is 355 g/mol. The molecule has 1 N–H and O–H groups in total. The highest BCUT2D eigenvalue weighted by Gasteiger charge is 2.13. The van der Waals surface area contributed by atoms with Crippen LogP contribution in [0.1, 0.15) is 11.3 Å². The Bertz CT molecular complexity index is 962. The highest BCUT2D eigenvalue weighted by molar-refractivity contribution is 7.89. The molecule has 0 aliphatic heterocycles. The van der Waals surface area contributed by atoms with Crippen LogP contribution < -0.4 is 9.46 Å². The number of nitrogens with zero attached hydrogens (tertiary/aromatic N) is 1. The van der Waals surface area contributed by atoms with Crippen molar-refractivity contribution < 1.29 is 17.5 Å². The molecule has 134 valence electrons. The second-order valence-electron chi connectivity index (χ2n) is 5.54. The van der Waals surface area contributed by atoms with Gasteiger partial charge in [0, 0.05) is 12.7 Å². The molecule has 0 aliphatic rings. The van der Waals surface area contributed by atoms with Gasteiger partial charge in [0.15, 0.2) is 0 Å². The van der Waals surface area contributed by atoms with Crippen LogP contribution >= 0.6 is 0 Å². The Labute approximate surface area is 151 Å². The number of benzene rings is 2. The molecule has 5 nitrogen and oxygen atoms in total. The van der Waals surface area contributed by atoms with Crippen molar-refractivity contribution in [3.63, 3.8) is 0 Å². The Morgan fingerprint density at radius 1 is 1.00 bits per heavy atom. The molecule has 1 heterocycles. The smallest absolute Gasteiger partial charge is 0.240 e. The van der Waals surface area contributed by atoms with E-state index in [1.807, 2.05) is 18.2 Å². The number of sulfonamides is 1. The summed E-state index contributed by atoms with van der Waals surface area (Å²) in [6.07, 6.45) is 1.69. The Hall–Kier alpha value is -2.77. The van der Waals surface area contributed by atoms with Gasteiger partial charge in [0.25, 0.3) is 0 Å². The van der Waals surface area contributed by atoms with Crippen molar-refractivity contribution in [2.75, 3.05) is 0 Å². The summed E-state index contributed by atoms with van der Waals surface area (Å²) in [7, 11) is -3.71. The summed E-state index contributed by atoms with van der Waals surface area (Å²) in [6, 6.07) is 17.4. The number of nitrogens with one attached hydrogen (secondary N) is 1. The Balaban J connectivity index is 1.62. The molecule has 0 spiro atoms. The summed E-state index contributed by atoms with van der Waals surface area (Å²) < 4.78 is 45.6. The highest BCUT2D eigenvalue weighted by atomic mass is 32.2. The first kappa shape index (κ1) is 18.0. The number of ether oxygens (including phenoxy) is 1.